The Morgan fingerprint density at radius 3 is 1.89 bits per heavy atom. The number of carbonyl (C=O) groups is 2. The summed E-state index contributed by atoms with van der Waals surface area (Å²) in [4.78, 5) is 24.0. The third-order valence-corrected chi connectivity index (χ3v) is 5.54. The zero-order valence-corrected chi connectivity index (χ0v) is 19.6. The summed E-state index contributed by atoms with van der Waals surface area (Å²) in [6.07, 6.45) is 4.18. The van der Waals surface area contributed by atoms with Crippen LogP contribution in [0, 0.1) is 0 Å². The number of nitrogens with two attached hydrogens (primary N) is 2. The Kier molecular flexibility index (Phi) is 7.63. The maximum Gasteiger partial charge on any atom is 0.259 e. The van der Waals surface area contributed by atoms with Gasteiger partial charge in [0.2, 0.25) is 0 Å². The molecule has 0 aliphatic rings. The number of ether oxygens (including phenoxy) is 2. The van der Waals surface area contributed by atoms with E-state index in [0.29, 0.717) is 11.5 Å². The first-order valence-electron chi connectivity index (χ1n) is 11.4. The Hall–Kier alpha value is -4.62. The summed E-state index contributed by atoms with van der Waals surface area (Å²) in [5, 5.41) is 6.43. The third kappa shape index (κ3) is 5.54. The molecule has 0 aliphatic carbocycles. The van der Waals surface area contributed by atoms with Crippen molar-refractivity contribution in [2.24, 2.45) is 11.5 Å². The van der Waals surface area contributed by atoms with Crippen molar-refractivity contribution < 1.29 is 19.1 Å². The normalized spacial score (nSPS) is 11.9. The second-order valence-corrected chi connectivity index (χ2v) is 8.08. The van der Waals surface area contributed by atoms with Crippen LogP contribution in [0.5, 0.6) is 11.5 Å². The summed E-state index contributed by atoms with van der Waals surface area (Å²) in [6, 6.07) is 23.2. The molecule has 5 N–H and O–H groups in total. The molecule has 4 aromatic rings. The number of fused-ring (bicyclic) bond motifs is 2. The van der Waals surface area contributed by atoms with Gasteiger partial charge in [0.15, 0.2) is 13.2 Å². The van der Waals surface area contributed by atoms with Crippen LogP contribution in [0.2, 0.25) is 0 Å². The van der Waals surface area contributed by atoms with Gasteiger partial charge in [-0.3, -0.25) is 9.59 Å². The molecule has 1 unspecified atom stereocenters. The quantitative estimate of drug-likeness (QED) is 0.233. The van der Waals surface area contributed by atoms with Crippen molar-refractivity contribution in [3.63, 3.8) is 0 Å². The fourth-order valence-electron chi connectivity index (χ4n) is 4.03. The fourth-order valence-corrected chi connectivity index (χ4v) is 4.03. The summed E-state index contributed by atoms with van der Waals surface area (Å²) in [5.74, 6) is 0.00882. The molecule has 0 aromatic heterocycles. The largest absolute Gasteiger partial charge is 0.483 e. The second-order valence-electron chi connectivity index (χ2n) is 8.08. The van der Waals surface area contributed by atoms with Crippen LogP contribution in [-0.2, 0) is 9.59 Å². The molecule has 0 bridgehead atoms. The van der Waals surface area contributed by atoms with Gasteiger partial charge in [0.05, 0.1) is 6.17 Å². The van der Waals surface area contributed by atoms with Crippen molar-refractivity contribution in [2.75, 3.05) is 13.2 Å². The van der Waals surface area contributed by atoms with Crippen molar-refractivity contribution in [1.82, 2.24) is 5.32 Å². The summed E-state index contributed by atoms with van der Waals surface area (Å²) >= 11 is 0. The van der Waals surface area contributed by atoms with Crippen LogP contribution in [-0.4, -0.2) is 31.2 Å². The lowest BCUT2D eigenvalue weighted by Gasteiger charge is -2.19. The van der Waals surface area contributed by atoms with E-state index in [0.717, 1.165) is 32.7 Å². The van der Waals surface area contributed by atoms with Gasteiger partial charge in [-0.2, -0.15) is 0 Å². The Morgan fingerprint density at radius 2 is 1.36 bits per heavy atom. The molecule has 0 spiro atoms. The molecule has 182 valence electrons. The van der Waals surface area contributed by atoms with Gasteiger partial charge in [0.25, 0.3) is 11.8 Å². The Balaban J connectivity index is 1.82. The molecule has 7 nitrogen and oxygen atoms in total. The number of allylic oxidation sites excluding steroid dienone is 2. The molecule has 2 amide bonds. The number of benzene rings is 4. The van der Waals surface area contributed by atoms with E-state index in [1.54, 1.807) is 18.2 Å². The zero-order chi connectivity index (χ0) is 25.5. The molecule has 36 heavy (non-hydrogen) atoms. The molecule has 0 aliphatic heterocycles. The van der Waals surface area contributed by atoms with E-state index in [9.17, 15) is 9.59 Å². The van der Waals surface area contributed by atoms with Gasteiger partial charge >= 0.3 is 0 Å². The monoisotopic (exact) mass is 481 g/mol. The maximum absolute atomic E-state index is 12.5. The predicted molar refractivity (Wildman–Crippen MR) is 143 cm³/mol. The molecule has 0 radical (unpaired) electrons. The highest BCUT2D eigenvalue weighted by molar-refractivity contribution is 6.09. The maximum atomic E-state index is 12.5. The fraction of sp³-hybridized carbons (Fsp3) is 0.103. The first kappa shape index (κ1) is 24.5. The molecule has 0 fully saturated rings. The minimum absolute atomic E-state index is 0.247. The number of primary amides is 1. The van der Waals surface area contributed by atoms with E-state index >= 15 is 0 Å². The lowest BCUT2D eigenvalue weighted by atomic mass is 9.92. The molecular formula is C29H27N3O4. The highest BCUT2D eigenvalue weighted by Gasteiger charge is 2.20. The number of hydrogen-bond donors (Lipinski definition) is 3. The van der Waals surface area contributed by atoms with Crippen LogP contribution in [0.15, 0.2) is 97.6 Å². The molecule has 0 saturated carbocycles. The molecular weight excluding hydrogens is 454 g/mol. The number of rotatable bonds is 10. The summed E-state index contributed by atoms with van der Waals surface area (Å²) in [6.45, 7) is 3.07. The molecule has 0 heterocycles. The second kappa shape index (κ2) is 11.2. The highest BCUT2D eigenvalue weighted by atomic mass is 16.5. The minimum Gasteiger partial charge on any atom is -0.483 e. The predicted octanol–water partition coefficient (Wildman–Crippen LogP) is 4.05. The molecule has 0 saturated heterocycles. The van der Waals surface area contributed by atoms with E-state index in [-0.39, 0.29) is 19.1 Å². The molecule has 4 rings (SSSR count). The average Bonchev–Trinajstić information content (AvgIpc) is 2.89. The topological polar surface area (TPSA) is 117 Å². The van der Waals surface area contributed by atoms with Crippen LogP contribution in [0.25, 0.3) is 32.7 Å². The van der Waals surface area contributed by atoms with Gasteiger partial charge in [0.1, 0.15) is 11.5 Å². The summed E-state index contributed by atoms with van der Waals surface area (Å²) in [5.41, 5.74) is 12.7. The molecule has 4 aromatic carbocycles. The summed E-state index contributed by atoms with van der Waals surface area (Å²) < 4.78 is 11.9. The third-order valence-electron chi connectivity index (χ3n) is 5.54. The van der Waals surface area contributed by atoms with Crippen molar-refractivity contribution in [1.29, 1.82) is 0 Å². The van der Waals surface area contributed by atoms with Gasteiger partial charge in [-0.15, -0.1) is 0 Å². The van der Waals surface area contributed by atoms with Gasteiger partial charge < -0.3 is 26.3 Å². The molecule has 7 heteroatoms. The van der Waals surface area contributed by atoms with Gasteiger partial charge in [-0.1, -0.05) is 79.4 Å². The lowest BCUT2D eigenvalue weighted by Crippen LogP contribution is -2.42. The minimum atomic E-state index is -0.665. The van der Waals surface area contributed by atoms with Crippen molar-refractivity contribution >= 4 is 33.4 Å². The van der Waals surface area contributed by atoms with Gasteiger partial charge in [-0.05, 0) is 39.8 Å². The lowest BCUT2D eigenvalue weighted by molar-refractivity contribution is -0.123. The smallest absolute Gasteiger partial charge is 0.259 e. The van der Waals surface area contributed by atoms with Crippen LogP contribution in [0.3, 0.4) is 0 Å². The standard InChI is InChI=1S/C29H27N3O4/c1-2-3-12-25(30)32-27(34)18-36-24-16-14-20-9-5-7-11-22(20)29(24)28-21-10-6-4-8-19(21)13-15-23(28)35-17-26(31)33/h2-16,25H,1,17-18,30H2,(H2,31,33)(H,32,34)/b12-3-. The van der Waals surface area contributed by atoms with E-state index in [4.69, 9.17) is 20.9 Å². The Bertz CT molecular complexity index is 1460. The highest BCUT2D eigenvalue weighted by Crippen LogP contribution is 2.45. The van der Waals surface area contributed by atoms with E-state index < -0.39 is 12.1 Å². The first-order chi connectivity index (χ1) is 17.5. The van der Waals surface area contributed by atoms with Crippen molar-refractivity contribution in [3.05, 3.63) is 97.6 Å². The zero-order valence-electron chi connectivity index (χ0n) is 19.6. The number of nitrogens with one attached hydrogen (secondary N) is 1. The number of hydrogen-bond acceptors (Lipinski definition) is 5. The van der Waals surface area contributed by atoms with Crippen LogP contribution >= 0.6 is 0 Å². The number of carbonyl (C=O) groups excluding carboxylic acids is 2. The van der Waals surface area contributed by atoms with Crippen molar-refractivity contribution in [2.45, 2.75) is 6.17 Å². The summed E-state index contributed by atoms with van der Waals surface area (Å²) in [7, 11) is 0. The first-order valence-corrected chi connectivity index (χ1v) is 11.4. The van der Waals surface area contributed by atoms with Crippen LogP contribution in [0.1, 0.15) is 0 Å². The van der Waals surface area contributed by atoms with E-state index in [2.05, 4.69) is 11.9 Å². The Morgan fingerprint density at radius 1 is 0.833 bits per heavy atom. The molecule has 1 atom stereocenters. The average molecular weight is 482 g/mol. The van der Waals surface area contributed by atoms with Gasteiger partial charge in [-0.25, -0.2) is 0 Å². The van der Waals surface area contributed by atoms with Crippen molar-refractivity contribution in [3.8, 4) is 22.6 Å². The van der Waals surface area contributed by atoms with Crippen LogP contribution < -0.4 is 26.3 Å². The number of amides is 2. The van der Waals surface area contributed by atoms with Gasteiger partial charge in [0, 0.05) is 11.1 Å². The SMILES string of the molecule is C=C/C=C\C(N)NC(=O)COc1ccc2ccccc2c1-c1c(OCC(N)=O)ccc2ccccc12. The van der Waals surface area contributed by atoms with E-state index in [1.807, 2.05) is 72.8 Å². The van der Waals surface area contributed by atoms with Crippen LogP contribution in [0.4, 0.5) is 0 Å². The Labute approximate surface area is 209 Å². The van der Waals surface area contributed by atoms with E-state index in [1.165, 1.54) is 0 Å².